The quantitative estimate of drug-likeness (QED) is 0.746. The van der Waals surface area contributed by atoms with Gasteiger partial charge in [-0.05, 0) is 15.9 Å². The van der Waals surface area contributed by atoms with E-state index >= 15 is 0 Å². The van der Waals surface area contributed by atoms with Gasteiger partial charge in [0.05, 0.1) is 18.7 Å². The summed E-state index contributed by atoms with van der Waals surface area (Å²) in [5.74, 6) is 2.10. The van der Waals surface area contributed by atoms with Gasteiger partial charge in [0, 0.05) is 49.4 Å². The molecule has 0 atom stereocenters. The maximum Gasteiger partial charge on any atom is 0.222 e. The van der Waals surface area contributed by atoms with Crippen molar-refractivity contribution in [1.82, 2.24) is 9.97 Å². The van der Waals surface area contributed by atoms with E-state index in [1.807, 2.05) is 18.2 Å². The highest BCUT2D eigenvalue weighted by Crippen LogP contribution is 2.25. The van der Waals surface area contributed by atoms with Gasteiger partial charge in [-0.2, -0.15) is 0 Å². The van der Waals surface area contributed by atoms with Crippen molar-refractivity contribution in [2.45, 2.75) is 0 Å². The number of rotatable bonds is 7. The first-order valence-corrected chi connectivity index (χ1v) is 7.19. The molecule has 2 rings (SSSR count). The van der Waals surface area contributed by atoms with E-state index in [9.17, 15) is 0 Å². The molecule has 1 heterocycles. The fourth-order valence-electron chi connectivity index (χ4n) is 1.69. The van der Waals surface area contributed by atoms with Gasteiger partial charge in [-0.25, -0.2) is 9.97 Å². The minimum atomic E-state index is 0.600. The molecule has 0 saturated heterocycles. The van der Waals surface area contributed by atoms with Crippen molar-refractivity contribution < 1.29 is 9.47 Å². The predicted molar refractivity (Wildman–Crippen MR) is 86.3 cm³/mol. The molecule has 0 aliphatic rings. The number of aromatic nitrogens is 2. The maximum atomic E-state index is 5.22. The van der Waals surface area contributed by atoms with Gasteiger partial charge in [0.15, 0.2) is 0 Å². The van der Waals surface area contributed by atoms with Crippen LogP contribution < -0.4 is 20.1 Å². The number of methoxy groups -OCH3 is 2. The molecular weight excluding hydrogens is 336 g/mol. The van der Waals surface area contributed by atoms with Gasteiger partial charge in [0.25, 0.3) is 0 Å². The number of benzene rings is 1. The summed E-state index contributed by atoms with van der Waals surface area (Å²) in [4.78, 5) is 8.28. The predicted octanol–water partition coefficient (Wildman–Crippen LogP) is 2.78. The zero-order valence-electron chi connectivity index (χ0n) is 11.9. The van der Waals surface area contributed by atoms with Gasteiger partial charge in [0.1, 0.15) is 11.5 Å². The second-order valence-electron chi connectivity index (χ2n) is 4.18. The summed E-state index contributed by atoms with van der Waals surface area (Å²) in [5, 5.41) is 6.42. The minimum absolute atomic E-state index is 0.600. The van der Waals surface area contributed by atoms with E-state index in [4.69, 9.17) is 9.47 Å². The van der Waals surface area contributed by atoms with Gasteiger partial charge in [-0.15, -0.1) is 0 Å². The van der Waals surface area contributed by atoms with Crippen molar-refractivity contribution in [3.05, 3.63) is 35.1 Å². The number of nitrogens with one attached hydrogen (secondary N) is 2. The van der Waals surface area contributed by atoms with Crippen LogP contribution in [0.4, 0.5) is 11.6 Å². The number of nitrogens with zero attached hydrogens (tertiary/aromatic N) is 2. The molecule has 7 heteroatoms. The molecule has 0 aliphatic carbocycles. The molecule has 1 aromatic heterocycles. The zero-order valence-corrected chi connectivity index (χ0v) is 13.5. The van der Waals surface area contributed by atoms with Crippen LogP contribution in [0, 0.1) is 0 Å². The Morgan fingerprint density at radius 1 is 0.952 bits per heavy atom. The Bertz CT molecular complexity index is 555. The molecule has 21 heavy (non-hydrogen) atoms. The summed E-state index contributed by atoms with van der Waals surface area (Å²) in [6.45, 7) is 1.41. The van der Waals surface area contributed by atoms with Crippen molar-refractivity contribution in [1.29, 1.82) is 0 Å². The van der Waals surface area contributed by atoms with E-state index < -0.39 is 0 Å². The second kappa shape index (κ2) is 7.68. The molecule has 2 N–H and O–H groups in total. The molecular formula is C14H17BrN4O2. The van der Waals surface area contributed by atoms with Gasteiger partial charge in [-0.1, -0.05) is 0 Å². The Balaban J connectivity index is 1.84. The van der Waals surface area contributed by atoms with Crippen molar-refractivity contribution in [3.8, 4) is 11.5 Å². The zero-order chi connectivity index (χ0) is 15.1. The summed E-state index contributed by atoms with van der Waals surface area (Å²) in [7, 11) is 3.26. The number of anilines is 2. The Morgan fingerprint density at radius 3 is 2.10 bits per heavy atom. The fourth-order valence-corrected chi connectivity index (χ4v) is 1.90. The molecule has 0 fully saturated rings. The third-order valence-corrected chi connectivity index (χ3v) is 3.12. The lowest BCUT2D eigenvalue weighted by Gasteiger charge is -2.11. The van der Waals surface area contributed by atoms with Crippen molar-refractivity contribution >= 4 is 27.6 Å². The first-order valence-electron chi connectivity index (χ1n) is 6.39. The first kappa shape index (κ1) is 15.4. The summed E-state index contributed by atoms with van der Waals surface area (Å²) in [6.07, 6.45) is 3.41. The average Bonchev–Trinajstić information content (AvgIpc) is 2.53. The van der Waals surface area contributed by atoms with Gasteiger partial charge in [-0.3, -0.25) is 0 Å². The van der Waals surface area contributed by atoms with Gasteiger partial charge < -0.3 is 20.1 Å². The molecule has 0 amide bonds. The van der Waals surface area contributed by atoms with Crippen LogP contribution in [0.2, 0.25) is 0 Å². The monoisotopic (exact) mass is 352 g/mol. The van der Waals surface area contributed by atoms with Crippen LogP contribution in [0.5, 0.6) is 11.5 Å². The van der Waals surface area contributed by atoms with E-state index in [0.29, 0.717) is 12.5 Å². The van der Waals surface area contributed by atoms with Crippen LogP contribution in [-0.2, 0) is 0 Å². The molecule has 0 radical (unpaired) electrons. The van der Waals surface area contributed by atoms with E-state index in [1.54, 1.807) is 26.6 Å². The standard InChI is InChI=1S/C14H17BrN4O2/c1-20-12-5-11(6-13(7-12)21-2)16-3-4-17-14-18-8-10(15)9-19-14/h5-9,16H,3-4H2,1-2H3,(H,17,18,19). The molecule has 0 spiro atoms. The lowest BCUT2D eigenvalue weighted by Crippen LogP contribution is -2.15. The van der Waals surface area contributed by atoms with Crippen LogP contribution >= 0.6 is 15.9 Å². The summed E-state index contributed by atoms with van der Waals surface area (Å²) >= 11 is 3.30. The summed E-state index contributed by atoms with van der Waals surface area (Å²) in [5.41, 5.74) is 0.935. The number of halogens is 1. The molecule has 1 aromatic carbocycles. The Hall–Kier alpha value is -2.02. The smallest absolute Gasteiger partial charge is 0.222 e. The molecule has 2 aromatic rings. The van der Waals surface area contributed by atoms with E-state index in [1.165, 1.54) is 0 Å². The van der Waals surface area contributed by atoms with Crippen LogP contribution in [0.15, 0.2) is 35.1 Å². The minimum Gasteiger partial charge on any atom is -0.497 e. The Labute approximate surface area is 132 Å². The summed E-state index contributed by atoms with van der Waals surface area (Å²) in [6, 6.07) is 5.66. The van der Waals surface area contributed by atoms with E-state index in [0.717, 1.165) is 28.2 Å². The van der Waals surface area contributed by atoms with E-state index in [-0.39, 0.29) is 0 Å². The Morgan fingerprint density at radius 2 is 1.52 bits per heavy atom. The second-order valence-corrected chi connectivity index (χ2v) is 5.10. The third-order valence-electron chi connectivity index (χ3n) is 2.71. The van der Waals surface area contributed by atoms with Gasteiger partial charge >= 0.3 is 0 Å². The molecule has 0 unspecified atom stereocenters. The SMILES string of the molecule is COc1cc(NCCNc2ncc(Br)cn2)cc(OC)c1. The Kier molecular flexibility index (Phi) is 5.62. The highest BCUT2D eigenvalue weighted by atomic mass is 79.9. The van der Waals surface area contributed by atoms with Crippen LogP contribution in [0.1, 0.15) is 0 Å². The lowest BCUT2D eigenvalue weighted by atomic mass is 10.2. The number of hydrogen-bond acceptors (Lipinski definition) is 6. The molecule has 0 saturated carbocycles. The molecule has 0 bridgehead atoms. The fraction of sp³-hybridized carbons (Fsp3) is 0.286. The molecule has 6 nitrogen and oxygen atoms in total. The molecule has 0 aliphatic heterocycles. The van der Waals surface area contributed by atoms with Crippen LogP contribution in [-0.4, -0.2) is 37.3 Å². The molecule has 112 valence electrons. The van der Waals surface area contributed by atoms with Crippen molar-refractivity contribution in [2.75, 3.05) is 37.9 Å². The maximum absolute atomic E-state index is 5.22. The van der Waals surface area contributed by atoms with Crippen molar-refractivity contribution in [3.63, 3.8) is 0 Å². The van der Waals surface area contributed by atoms with Crippen LogP contribution in [0.3, 0.4) is 0 Å². The lowest BCUT2D eigenvalue weighted by molar-refractivity contribution is 0.394. The first-order chi connectivity index (χ1) is 10.2. The summed E-state index contributed by atoms with van der Waals surface area (Å²) < 4.78 is 11.3. The average molecular weight is 353 g/mol. The highest BCUT2D eigenvalue weighted by Gasteiger charge is 2.01. The van der Waals surface area contributed by atoms with Crippen LogP contribution in [0.25, 0.3) is 0 Å². The van der Waals surface area contributed by atoms with Crippen molar-refractivity contribution in [2.24, 2.45) is 0 Å². The topological polar surface area (TPSA) is 68.3 Å². The number of hydrogen-bond donors (Lipinski definition) is 2. The third kappa shape index (κ3) is 4.78. The van der Waals surface area contributed by atoms with Gasteiger partial charge in [0.2, 0.25) is 5.95 Å². The number of ether oxygens (including phenoxy) is 2. The normalized spacial score (nSPS) is 10.0. The largest absolute Gasteiger partial charge is 0.497 e. The highest BCUT2D eigenvalue weighted by molar-refractivity contribution is 9.10. The van der Waals surface area contributed by atoms with E-state index in [2.05, 4.69) is 36.5 Å².